The number of sulfonamides is 1. The van der Waals surface area contributed by atoms with E-state index in [1.807, 2.05) is 19.1 Å². The number of benzene rings is 1. The fraction of sp³-hybridized carbons (Fsp3) is 0.634. The molecule has 57 heavy (non-hydrogen) atoms. The number of carbonyl (C=O) groups excluding carboxylic acids is 4. The molecule has 1 aromatic heterocycles. The van der Waals surface area contributed by atoms with Gasteiger partial charge in [0.05, 0.1) is 31.7 Å². The summed E-state index contributed by atoms with van der Waals surface area (Å²) in [5.74, 6) is -1.21. The molecule has 0 radical (unpaired) electrons. The van der Waals surface area contributed by atoms with E-state index in [0.717, 1.165) is 6.42 Å². The summed E-state index contributed by atoms with van der Waals surface area (Å²) < 4.78 is 50.8. The zero-order chi connectivity index (χ0) is 41.5. The van der Waals surface area contributed by atoms with Gasteiger partial charge in [0.25, 0.3) is 5.91 Å². The number of nitrogens with zero attached hydrogens (tertiary/aromatic N) is 2. The number of rotatable bonds is 9. The molecule has 3 heterocycles. The van der Waals surface area contributed by atoms with Gasteiger partial charge in [0, 0.05) is 23.1 Å². The Balaban J connectivity index is 1.37. The van der Waals surface area contributed by atoms with E-state index in [2.05, 4.69) is 27.3 Å². The summed E-state index contributed by atoms with van der Waals surface area (Å²) in [5, 5.41) is 7.07. The number of methoxy groups -OCH3 is 2. The van der Waals surface area contributed by atoms with Gasteiger partial charge in [-0.15, -0.1) is 0 Å². The Morgan fingerprint density at radius 2 is 1.82 bits per heavy atom. The van der Waals surface area contributed by atoms with Gasteiger partial charge in [0.15, 0.2) is 0 Å². The number of carbonyl (C=O) groups is 4. The lowest BCUT2D eigenvalue weighted by Gasteiger charge is -2.34. The average molecular weight is 812 g/mol. The number of nitrogens with one attached hydrogen (secondary N) is 3. The van der Waals surface area contributed by atoms with Gasteiger partial charge >= 0.3 is 6.09 Å². The maximum Gasteiger partial charge on any atom is 0.408 e. The van der Waals surface area contributed by atoms with Crippen LogP contribution < -0.4 is 29.6 Å². The minimum Gasteiger partial charge on any atom is -0.497 e. The molecule has 0 spiro atoms. The lowest BCUT2D eigenvalue weighted by molar-refractivity contribution is -0.142. The molecule has 6 rings (SSSR count). The number of hydrogen-bond donors (Lipinski definition) is 3. The molecule has 2 aliphatic carbocycles. The molecule has 4 amide bonds. The van der Waals surface area contributed by atoms with Crippen LogP contribution in [0.1, 0.15) is 92.9 Å². The summed E-state index contributed by atoms with van der Waals surface area (Å²) in [5.41, 5.74) is -2.38. The van der Waals surface area contributed by atoms with Gasteiger partial charge in [-0.3, -0.25) is 19.1 Å². The molecule has 2 aliphatic heterocycles. The maximum absolute atomic E-state index is 15.0. The summed E-state index contributed by atoms with van der Waals surface area (Å²) in [6.07, 6.45) is 7.54. The Morgan fingerprint density at radius 3 is 2.47 bits per heavy atom. The SMILES string of the molecule is CC[C@@H]1C[C@H](C)CC/C=C\[C@@H]2C[C@@]2(C(=O)NS(=O)(=O)C2(C)CC2)NC(=O)[C@@H]2C[C@@H](Oc3ncc(OC)c4cc(OC)ccc34)CN2C(=O)[C@H]1NC(=O)OC(C)(C)C. The van der Waals surface area contributed by atoms with Crippen molar-refractivity contribution in [2.24, 2.45) is 17.8 Å². The number of hydrogen-bond acceptors (Lipinski definition) is 11. The average Bonchev–Trinajstić information content (AvgIpc) is 4.03. The first-order chi connectivity index (χ1) is 26.8. The zero-order valence-electron chi connectivity index (χ0n) is 34.2. The predicted molar refractivity (Wildman–Crippen MR) is 212 cm³/mol. The number of amides is 4. The number of pyridine rings is 1. The van der Waals surface area contributed by atoms with Crippen LogP contribution in [0.5, 0.6) is 17.4 Å². The first-order valence-electron chi connectivity index (χ1n) is 19.9. The van der Waals surface area contributed by atoms with Crippen molar-refractivity contribution in [3.05, 3.63) is 36.5 Å². The van der Waals surface area contributed by atoms with E-state index < -0.39 is 73.8 Å². The van der Waals surface area contributed by atoms with E-state index in [1.54, 1.807) is 53.0 Å². The number of aromatic nitrogens is 1. The van der Waals surface area contributed by atoms with Crippen molar-refractivity contribution >= 4 is 44.6 Å². The molecule has 3 N–H and O–H groups in total. The first kappa shape index (κ1) is 42.0. The zero-order valence-corrected chi connectivity index (χ0v) is 35.0. The van der Waals surface area contributed by atoms with Crippen molar-refractivity contribution in [2.75, 3.05) is 20.8 Å². The normalized spacial score (nSPS) is 29.4. The number of allylic oxidation sites excluding steroid dienone is 1. The Labute approximate surface area is 335 Å². The van der Waals surface area contributed by atoms with Crippen molar-refractivity contribution in [3.8, 4) is 17.4 Å². The van der Waals surface area contributed by atoms with Crippen molar-refractivity contribution in [1.29, 1.82) is 0 Å². The van der Waals surface area contributed by atoms with Gasteiger partial charge in [-0.1, -0.05) is 32.4 Å². The Bertz CT molecular complexity index is 2030. The molecule has 1 aromatic carbocycles. The van der Waals surface area contributed by atoms with Crippen LogP contribution >= 0.6 is 0 Å². The molecule has 15 nitrogen and oxygen atoms in total. The molecular weight excluding hydrogens is 755 g/mol. The van der Waals surface area contributed by atoms with Crippen molar-refractivity contribution in [2.45, 2.75) is 127 Å². The lowest BCUT2D eigenvalue weighted by Crippen LogP contribution is -2.59. The van der Waals surface area contributed by atoms with Crippen LogP contribution in [-0.2, 0) is 29.1 Å². The smallest absolute Gasteiger partial charge is 0.408 e. The van der Waals surface area contributed by atoms with Crippen molar-refractivity contribution in [1.82, 2.24) is 25.2 Å². The molecule has 3 fully saturated rings. The van der Waals surface area contributed by atoms with Gasteiger partial charge in [0.1, 0.15) is 40.8 Å². The minimum absolute atomic E-state index is 0.0177. The fourth-order valence-electron chi connectivity index (χ4n) is 7.96. The van der Waals surface area contributed by atoms with E-state index in [-0.39, 0.29) is 37.1 Å². The largest absolute Gasteiger partial charge is 0.497 e. The lowest BCUT2D eigenvalue weighted by atomic mass is 9.85. The third kappa shape index (κ3) is 8.95. The van der Waals surface area contributed by atoms with E-state index >= 15 is 0 Å². The first-order valence-corrected chi connectivity index (χ1v) is 21.3. The van der Waals surface area contributed by atoms with Gasteiger partial charge in [-0.25, -0.2) is 18.2 Å². The van der Waals surface area contributed by atoms with Crippen molar-refractivity contribution in [3.63, 3.8) is 0 Å². The molecular formula is C41H57N5O10S. The van der Waals surface area contributed by atoms with Gasteiger partial charge in [-0.2, -0.15) is 0 Å². The molecule has 0 unspecified atom stereocenters. The quantitative estimate of drug-likeness (QED) is 0.296. The Hall–Kier alpha value is -4.60. The summed E-state index contributed by atoms with van der Waals surface area (Å²) >= 11 is 0. The fourth-order valence-corrected chi connectivity index (χ4v) is 9.27. The number of fused-ring (bicyclic) bond motifs is 3. The van der Waals surface area contributed by atoms with Crippen molar-refractivity contribution < 1.29 is 46.5 Å². The summed E-state index contributed by atoms with van der Waals surface area (Å²) in [4.78, 5) is 62.8. The number of alkyl carbamates (subject to hydrolysis) is 1. The summed E-state index contributed by atoms with van der Waals surface area (Å²) in [6.45, 7) is 10.8. The summed E-state index contributed by atoms with van der Waals surface area (Å²) in [6, 6.07) is 3.15. The highest BCUT2D eigenvalue weighted by Gasteiger charge is 2.63. The second-order valence-electron chi connectivity index (χ2n) is 17.3. The van der Waals surface area contributed by atoms with Crippen LogP contribution in [0.25, 0.3) is 10.8 Å². The van der Waals surface area contributed by atoms with E-state index in [9.17, 15) is 27.6 Å². The molecule has 312 valence electrons. The molecule has 7 atom stereocenters. The topological polar surface area (TPSA) is 192 Å². The third-order valence-corrected chi connectivity index (χ3v) is 14.0. The second kappa shape index (κ2) is 16.0. The molecule has 1 saturated heterocycles. The predicted octanol–water partition coefficient (Wildman–Crippen LogP) is 4.77. The highest BCUT2D eigenvalue weighted by atomic mass is 32.2. The van der Waals surface area contributed by atoms with Crippen LogP contribution in [0.4, 0.5) is 4.79 Å². The maximum atomic E-state index is 15.0. The summed E-state index contributed by atoms with van der Waals surface area (Å²) in [7, 11) is -0.921. The second-order valence-corrected chi connectivity index (χ2v) is 19.5. The Kier molecular flexibility index (Phi) is 11.8. The standard InChI is InChI=1S/C41H57N5O10S/c1-9-25-18-24(2)12-10-11-13-26-21-41(26,37(49)45-57(51,52)40(6)16-17-40)44-34(47)31-20-28(23-46(31)36(48)33(25)43-38(50)56-39(3,4)5)55-35-29-15-14-27(53-7)19-30(29)32(54-8)22-42-35/h11,13-15,19,22,24-26,28,31,33H,9-10,12,16-18,20-21,23H2,1-8H3,(H,43,50)(H,44,47)(H,45,49)/b13-11-/t24-,25-,26-,28-,31+,33+,41-/m1/s1. The number of ether oxygens (including phenoxy) is 4. The van der Waals surface area contributed by atoms with Crippen LogP contribution in [0.2, 0.25) is 0 Å². The van der Waals surface area contributed by atoms with Crippen LogP contribution in [0.15, 0.2) is 36.5 Å². The molecule has 4 aliphatic rings. The van der Waals surface area contributed by atoms with Gasteiger partial charge in [0.2, 0.25) is 27.7 Å². The van der Waals surface area contributed by atoms with Crippen LogP contribution in [-0.4, -0.2) is 97.0 Å². The van der Waals surface area contributed by atoms with Gasteiger partial charge in [-0.05, 0) is 96.3 Å². The van der Waals surface area contributed by atoms with Crippen LogP contribution in [0, 0.1) is 17.8 Å². The van der Waals surface area contributed by atoms with E-state index in [1.165, 1.54) is 18.2 Å². The third-order valence-electron chi connectivity index (χ3n) is 11.8. The minimum atomic E-state index is -4.01. The van der Waals surface area contributed by atoms with E-state index in [0.29, 0.717) is 54.4 Å². The highest BCUT2D eigenvalue weighted by Crippen LogP contribution is 2.48. The molecule has 16 heteroatoms. The van der Waals surface area contributed by atoms with Gasteiger partial charge < -0.3 is 34.5 Å². The van der Waals surface area contributed by atoms with E-state index in [4.69, 9.17) is 18.9 Å². The monoisotopic (exact) mass is 811 g/mol. The highest BCUT2D eigenvalue weighted by molar-refractivity contribution is 7.91. The molecule has 2 saturated carbocycles. The Morgan fingerprint density at radius 1 is 1.09 bits per heavy atom. The molecule has 2 aromatic rings. The van der Waals surface area contributed by atoms with Crippen LogP contribution in [0.3, 0.4) is 0 Å². The molecule has 0 bridgehead atoms.